The van der Waals surface area contributed by atoms with Gasteiger partial charge in [0.05, 0.1) is 23.4 Å². The molecule has 2 rings (SSSR count). The lowest BCUT2D eigenvalue weighted by atomic mass is 10.1. The third kappa shape index (κ3) is 3.19. The molecule has 3 N–H and O–H groups in total. The van der Waals surface area contributed by atoms with Crippen LogP contribution in [0.3, 0.4) is 0 Å². The third-order valence-electron chi connectivity index (χ3n) is 2.76. The summed E-state index contributed by atoms with van der Waals surface area (Å²) in [6, 6.07) is 8.51. The number of carbonyl (C=O) groups is 1. The average Bonchev–Trinajstić information content (AvgIpc) is 2.48. The molecule has 0 radical (unpaired) electrons. The Balaban J connectivity index is 2.02. The Labute approximate surface area is 121 Å². The van der Waals surface area contributed by atoms with E-state index in [2.05, 4.69) is 10.3 Å². The number of benzene rings is 1. The SMILES string of the molecule is COc1ccc(CNC(=O)c2cccc(Cl)c2N)cn1. The number of aromatic nitrogens is 1. The summed E-state index contributed by atoms with van der Waals surface area (Å²) in [5, 5.41) is 3.13. The smallest absolute Gasteiger partial charge is 0.253 e. The molecule has 0 atom stereocenters. The minimum Gasteiger partial charge on any atom is -0.481 e. The maximum Gasteiger partial charge on any atom is 0.253 e. The van der Waals surface area contributed by atoms with E-state index in [1.54, 1.807) is 37.6 Å². The largest absolute Gasteiger partial charge is 0.481 e. The van der Waals surface area contributed by atoms with Gasteiger partial charge in [0.1, 0.15) is 0 Å². The third-order valence-corrected chi connectivity index (χ3v) is 3.09. The van der Waals surface area contributed by atoms with Crippen LogP contribution in [0.1, 0.15) is 15.9 Å². The number of carbonyl (C=O) groups excluding carboxylic acids is 1. The Bertz CT molecular complexity index is 614. The number of nitrogens with one attached hydrogen (secondary N) is 1. The molecule has 0 saturated carbocycles. The van der Waals surface area contributed by atoms with Gasteiger partial charge in [-0.15, -0.1) is 0 Å². The van der Waals surface area contributed by atoms with Crippen LogP contribution in [0.4, 0.5) is 5.69 Å². The Morgan fingerprint density at radius 2 is 2.20 bits per heavy atom. The predicted molar refractivity (Wildman–Crippen MR) is 77.8 cm³/mol. The highest BCUT2D eigenvalue weighted by atomic mass is 35.5. The van der Waals surface area contributed by atoms with Crippen molar-refractivity contribution in [1.82, 2.24) is 10.3 Å². The van der Waals surface area contributed by atoms with Crippen LogP contribution < -0.4 is 15.8 Å². The van der Waals surface area contributed by atoms with E-state index in [9.17, 15) is 4.79 Å². The van der Waals surface area contributed by atoms with Gasteiger partial charge in [0.25, 0.3) is 5.91 Å². The molecule has 1 aromatic carbocycles. The molecule has 1 amide bonds. The summed E-state index contributed by atoms with van der Waals surface area (Å²) in [5.41, 5.74) is 7.27. The molecule has 0 unspecified atom stereocenters. The van der Waals surface area contributed by atoms with E-state index in [0.29, 0.717) is 23.0 Å². The first-order valence-corrected chi connectivity index (χ1v) is 6.30. The number of hydrogen-bond donors (Lipinski definition) is 2. The molecule has 0 spiro atoms. The van der Waals surface area contributed by atoms with E-state index in [1.807, 2.05) is 6.07 Å². The molecule has 6 heteroatoms. The summed E-state index contributed by atoms with van der Waals surface area (Å²) in [6.07, 6.45) is 1.64. The fraction of sp³-hybridized carbons (Fsp3) is 0.143. The lowest BCUT2D eigenvalue weighted by Crippen LogP contribution is -2.23. The maximum absolute atomic E-state index is 12.0. The minimum atomic E-state index is -0.277. The summed E-state index contributed by atoms with van der Waals surface area (Å²) in [5.74, 6) is 0.250. The standard InChI is InChI=1S/C14H14ClN3O2/c1-20-12-6-5-9(7-17-12)8-18-14(19)10-3-2-4-11(15)13(10)16/h2-7H,8,16H2,1H3,(H,18,19). The molecule has 0 bridgehead atoms. The zero-order valence-electron chi connectivity index (χ0n) is 10.9. The van der Waals surface area contributed by atoms with Crippen molar-refractivity contribution in [1.29, 1.82) is 0 Å². The molecule has 1 aromatic heterocycles. The van der Waals surface area contributed by atoms with Gasteiger partial charge in [-0.1, -0.05) is 23.7 Å². The Hall–Kier alpha value is -2.27. The van der Waals surface area contributed by atoms with Gasteiger partial charge in [0, 0.05) is 18.8 Å². The van der Waals surface area contributed by atoms with Crippen molar-refractivity contribution in [3.8, 4) is 5.88 Å². The summed E-state index contributed by atoms with van der Waals surface area (Å²) in [4.78, 5) is 16.1. The van der Waals surface area contributed by atoms with E-state index in [4.69, 9.17) is 22.1 Å². The van der Waals surface area contributed by atoms with Crippen molar-refractivity contribution in [3.63, 3.8) is 0 Å². The van der Waals surface area contributed by atoms with Crippen LogP contribution in [0.15, 0.2) is 36.5 Å². The van der Waals surface area contributed by atoms with Crippen molar-refractivity contribution in [2.45, 2.75) is 6.54 Å². The fourth-order valence-electron chi connectivity index (χ4n) is 1.65. The van der Waals surface area contributed by atoms with Crippen molar-refractivity contribution in [3.05, 3.63) is 52.7 Å². The number of nitrogens with zero attached hydrogens (tertiary/aromatic N) is 1. The van der Waals surface area contributed by atoms with Crippen LogP contribution in [0.25, 0.3) is 0 Å². The molecular formula is C14H14ClN3O2. The van der Waals surface area contributed by atoms with Crippen molar-refractivity contribution < 1.29 is 9.53 Å². The molecule has 0 aliphatic carbocycles. The van der Waals surface area contributed by atoms with E-state index < -0.39 is 0 Å². The minimum absolute atomic E-state index is 0.277. The first kappa shape index (κ1) is 14.1. The monoisotopic (exact) mass is 291 g/mol. The molecule has 0 saturated heterocycles. The molecule has 5 nitrogen and oxygen atoms in total. The highest BCUT2D eigenvalue weighted by molar-refractivity contribution is 6.33. The summed E-state index contributed by atoms with van der Waals surface area (Å²) in [7, 11) is 1.55. The van der Waals surface area contributed by atoms with Gasteiger partial charge in [-0.05, 0) is 17.7 Å². The summed E-state index contributed by atoms with van der Waals surface area (Å²) >= 11 is 5.88. The Morgan fingerprint density at radius 3 is 2.85 bits per heavy atom. The predicted octanol–water partition coefficient (Wildman–Crippen LogP) is 2.26. The fourth-order valence-corrected chi connectivity index (χ4v) is 1.82. The number of anilines is 1. The van der Waals surface area contributed by atoms with Crippen molar-refractivity contribution in [2.75, 3.05) is 12.8 Å². The molecule has 20 heavy (non-hydrogen) atoms. The number of para-hydroxylation sites is 1. The lowest BCUT2D eigenvalue weighted by Gasteiger charge is -2.08. The number of ether oxygens (including phenoxy) is 1. The van der Waals surface area contributed by atoms with Gasteiger partial charge in [-0.2, -0.15) is 0 Å². The van der Waals surface area contributed by atoms with E-state index in [0.717, 1.165) is 5.56 Å². The quantitative estimate of drug-likeness (QED) is 0.847. The maximum atomic E-state index is 12.0. The Morgan fingerprint density at radius 1 is 1.40 bits per heavy atom. The van der Waals surface area contributed by atoms with Crippen LogP contribution in [-0.2, 0) is 6.54 Å². The number of halogens is 1. The molecule has 104 valence electrons. The number of pyridine rings is 1. The highest BCUT2D eigenvalue weighted by Gasteiger charge is 2.11. The zero-order chi connectivity index (χ0) is 14.5. The van der Waals surface area contributed by atoms with Crippen LogP contribution in [-0.4, -0.2) is 18.0 Å². The molecule has 2 aromatic rings. The number of methoxy groups -OCH3 is 1. The van der Waals surface area contributed by atoms with Crippen LogP contribution >= 0.6 is 11.6 Å². The van der Waals surface area contributed by atoms with Gasteiger partial charge in [0.15, 0.2) is 0 Å². The van der Waals surface area contributed by atoms with Crippen molar-refractivity contribution >= 4 is 23.2 Å². The molecule has 0 aliphatic heterocycles. The van der Waals surface area contributed by atoms with Gasteiger partial charge < -0.3 is 15.8 Å². The van der Waals surface area contributed by atoms with Gasteiger partial charge in [-0.25, -0.2) is 4.98 Å². The first-order chi connectivity index (χ1) is 9.61. The molecule has 0 fully saturated rings. The molecular weight excluding hydrogens is 278 g/mol. The van der Waals surface area contributed by atoms with Crippen LogP contribution in [0.5, 0.6) is 5.88 Å². The summed E-state index contributed by atoms with van der Waals surface area (Å²) in [6.45, 7) is 0.349. The van der Waals surface area contributed by atoms with E-state index in [-0.39, 0.29) is 11.6 Å². The average molecular weight is 292 g/mol. The van der Waals surface area contributed by atoms with E-state index in [1.165, 1.54) is 0 Å². The second-order valence-corrected chi connectivity index (χ2v) is 4.50. The second-order valence-electron chi connectivity index (χ2n) is 4.09. The number of amides is 1. The molecule has 0 aliphatic rings. The van der Waals surface area contributed by atoms with E-state index >= 15 is 0 Å². The molecule has 1 heterocycles. The highest BCUT2D eigenvalue weighted by Crippen LogP contribution is 2.22. The van der Waals surface area contributed by atoms with Gasteiger partial charge >= 0.3 is 0 Å². The van der Waals surface area contributed by atoms with Gasteiger partial charge in [0.2, 0.25) is 5.88 Å². The Kier molecular flexibility index (Phi) is 4.42. The number of nitrogen functional groups attached to an aromatic ring is 1. The zero-order valence-corrected chi connectivity index (χ0v) is 11.6. The first-order valence-electron chi connectivity index (χ1n) is 5.93. The lowest BCUT2D eigenvalue weighted by molar-refractivity contribution is 0.0952. The topological polar surface area (TPSA) is 77.2 Å². The van der Waals surface area contributed by atoms with Crippen LogP contribution in [0, 0.1) is 0 Å². The van der Waals surface area contributed by atoms with Gasteiger partial charge in [-0.3, -0.25) is 4.79 Å². The van der Waals surface area contributed by atoms with Crippen molar-refractivity contribution in [2.24, 2.45) is 0 Å². The number of nitrogens with two attached hydrogens (primary N) is 1. The number of hydrogen-bond acceptors (Lipinski definition) is 4. The summed E-state index contributed by atoms with van der Waals surface area (Å²) < 4.78 is 4.96. The van der Waals surface area contributed by atoms with Crippen LogP contribution in [0.2, 0.25) is 5.02 Å². The second kappa shape index (κ2) is 6.25. The normalized spacial score (nSPS) is 10.1. The number of rotatable bonds is 4.